The normalized spacial score (nSPS) is 17.5. The van der Waals surface area contributed by atoms with Crippen molar-refractivity contribution in [2.45, 2.75) is 23.0 Å². The lowest BCUT2D eigenvalue weighted by Crippen LogP contribution is -2.47. The number of methoxy groups -OCH3 is 2. The number of ether oxygens (including phenoxy) is 2. The molecule has 2 amide bonds. The van der Waals surface area contributed by atoms with Gasteiger partial charge in [-0.05, 0) is 45.1 Å². The van der Waals surface area contributed by atoms with Crippen LogP contribution in [0.1, 0.15) is 12.8 Å². The highest BCUT2D eigenvalue weighted by molar-refractivity contribution is 8.00. The molecule has 1 saturated heterocycles. The van der Waals surface area contributed by atoms with Crippen molar-refractivity contribution in [1.29, 1.82) is 0 Å². The van der Waals surface area contributed by atoms with Crippen molar-refractivity contribution in [2.24, 2.45) is 0 Å². The molecule has 1 aromatic rings. The molecule has 1 aliphatic heterocycles. The number of nitrogens with zero attached hydrogens (tertiary/aromatic N) is 2. The summed E-state index contributed by atoms with van der Waals surface area (Å²) in [6, 6.07) is 6.01. The SMILES string of the molecule is COc1ccc(SC2CCCN(C(=O)NCCN(C)C)C2)cc1OC. The number of hydrogen-bond acceptors (Lipinski definition) is 5. The van der Waals surface area contributed by atoms with Gasteiger partial charge in [0.25, 0.3) is 0 Å². The lowest BCUT2D eigenvalue weighted by Gasteiger charge is -2.32. The van der Waals surface area contributed by atoms with E-state index in [1.54, 1.807) is 26.0 Å². The van der Waals surface area contributed by atoms with E-state index in [1.165, 1.54) is 0 Å². The Hall–Kier alpha value is -1.60. The fourth-order valence-electron chi connectivity index (χ4n) is 2.80. The molecule has 1 fully saturated rings. The van der Waals surface area contributed by atoms with Gasteiger partial charge in [-0.15, -0.1) is 11.8 Å². The molecule has 0 aromatic heterocycles. The topological polar surface area (TPSA) is 54.0 Å². The summed E-state index contributed by atoms with van der Waals surface area (Å²) in [5.41, 5.74) is 0. The number of rotatable bonds is 7. The van der Waals surface area contributed by atoms with Crippen molar-refractivity contribution in [3.63, 3.8) is 0 Å². The third-order valence-electron chi connectivity index (χ3n) is 4.16. The molecule has 1 heterocycles. The Balaban J connectivity index is 1.89. The van der Waals surface area contributed by atoms with Gasteiger partial charge < -0.3 is 24.6 Å². The van der Waals surface area contributed by atoms with Gasteiger partial charge >= 0.3 is 6.03 Å². The first-order valence-corrected chi connectivity index (χ1v) is 9.47. The Morgan fingerprint density at radius 2 is 2.08 bits per heavy atom. The summed E-state index contributed by atoms with van der Waals surface area (Å²) >= 11 is 1.80. The van der Waals surface area contributed by atoms with Crippen LogP contribution in [0, 0.1) is 0 Å². The quantitative estimate of drug-likeness (QED) is 0.803. The van der Waals surface area contributed by atoms with Crippen molar-refractivity contribution in [2.75, 3.05) is 54.5 Å². The van der Waals surface area contributed by atoms with E-state index in [-0.39, 0.29) is 6.03 Å². The molecule has 0 radical (unpaired) electrons. The van der Waals surface area contributed by atoms with Gasteiger partial charge in [-0.2, -0.15) is 0 Å². The molecule has 0 spiro atoms. The van der Waals surface area contributed by atoms with E-state index in [0.29, 0.717) is 11.8 Å². The average Bonchev–Trinajstić information content (AvgIpc) is 2.61. The molecule has 0 aliphatic carbocycles. The number of urea groups is 1. The zero-order valence-electron chi connectivity index (χ0n) is 15.6. The molecule has 1 N–H and O–H groups in total. The zero-order valence-corrected chi connectivity index (χ0v) is 16.4. The lowest BCUT2D eigenvalue weighted by molar-refractivity contribution is 0.187. The molecular formula is C18H29N3O3S. The molecule has 25 heavy (non-hydrogen) atoms. The number of carbonyl (C=O) groups is 1. The number of likely N-dealkylation sites (tertiary alicyclic amines) is 1. The number of thioether (sulfide) groups is 1. The number of nitrogens with one attached hydrogen (secondary N) is 1. The standard InChI is InChI=1S/C18H29N3O3S/c1-20(2)11-9-19-18(22)21-10-5-6-15(13-21)25-14-7-8-16(23-3)17(12-14)24-4/h7-8,12,15H,5-6,9-11,13H2,1-4H3,(H,19,22). The number of amides is 2. The maximum absolute atomic E-state index is 12.3. The molecule has 7 heteroatoms. The van der Waals surface area contributed by atoms with Crippen LogP contribution in [0.3, 0.4) is 0 Å². The molecule has 2 rings (SSSR count). The van der Waals surface area contributed by atoms with Crippen LogP contribution in [0.15, 0.2) is 23.1 Å². The van der Waals surface area contributed by atoms with Crippen LogP contribution in [-0.2, 0) is 0 Å². The van der Waals surface area contributed by atoms with Gasteiger partial charge in [0.15, 0.2) is 11.5 Å². The van der Waals surface area contributed by atoms with Crippen molar-refractivity contribution >= 4 is 17.8 Å². The molecule has 1 aromatic carbocycles. The van der Waals surface area contributed by atoms with Crippen LogP contribution in [0.5, 0.6) is 11.5 Å². The van der Waals surface area contributed by atoms with E-state index in [9.17, 15) is 4.79 Å². The first-order chi connectivity index (χ1) is 12.0. The average molecular weight is 368 g/mol. The molecule has 6 nitrogen and oxygen atoms in total. The highest BCUT2D eigenvalue weighted by Gasteiger charge is 2.24. The van der Waals surface area contributed by atoms with Crippen LogP contribution in [0.4, 0.5) is 4.79 Å². The minimum Gasteiger partial charge on any atom is -0.493 e. The molecule has 1 unspecified atom stereocenters. The summed E-state index contributed by atoms with van der Waals surface area (Å²) < 4.78 is 10.7. The number of carbonyl (C=O) groups excluding carboxylic acids is 1. The van der Waals surface area contributed by atoms with Gasteiger partial charge in [0.05, 0.1) is 14.2 Å². The van der Waals surface area contributed by atoms with Gasteiger partial charge in [0.1, 0.15) is 0 Å². The number of hydrogen-bond donors (Lipinski definition) is 1. The minimum absolute atomic E-state index is 0.0412. The lowest BCUT2D eigenvalue weighted by atomic mass is 10.1. The third-order valence-corrected chi connectivity index (χ3v) is 5.40. The fourth-order valence-corrected chi connectivity index (χ4v) is 4.04. The highest BCUT2D eigenvalue weighted by Crippen LogP contribution is 2.35. The van der Waals surface area contributed by atoms with E-state index >= 15 is 0 Å². The summed E-state index contributed by atoms with van der Waals surface area (Å²) in [6.07, 6.45) is 2.15. The summed E-state index contributed by atoms with van der Waals surface area (Å²) in [7, 11) is 7.29. The van der Waals surface area contributed by atoms with Gasteiger partial charge in [0, 0.05) is 36.3 Å². The van der Waals surface area contributed by atoms with Crippen LogP contribution < -0.4 is 14.8 Å². The van der Waals surface area contributed by atoms with Crippen LogP contribution in [0.2, 0.25) is 0 Å². The van der Waals surface area contributed by atoms with Crippen LogP contribution in [-0.4, -0.2) is 75.6 Å². The van der Waals surface area contributed by atoms with Crippen molar-refractivity contribution in [3.8, 4) is 11.5 Å². The maximum Gasteiger partial charge on any atom is 0.317 e. The second kappa shape index (κ2) is 9.77. The van der Waals surface area contributed by atoms with E-state index < -0.39 is 0 Å². The molecule has 1 aliphatic rings. The summed E-state index contributed by atoms with van der Waals surface area (Å²) in [4.78, 5) is 17.4. The smallest absolute Gasteiger partial charge is 0.317 e. The van der Waals surface area contributed by atoms with Gasteiger partial charge in [0.2, 0.25) is 0 Å². The Morgan fingerprint density at radius 1 is 1.32 bits per heavy atom. The summed E-state index contributed by atoms with van der Waals surface area (Å²) in [6.45, 7) is 3.13. The fraction of sp³-hybridized carbons (Fsp3) is 0.611. The monoisotopic (exact) mass is 367 g/mol. The van der Waals surface area contributed by atoms with Crippen LogP contribution in [0.25, 0.3) is 0 Å². The second-order valence-electron chi connectivity index (χ2n) is 6.38. The Labute approximate surface area is 154 Å². The third kappa shape index (κ3) is 6.01. The zero-order chi connectivity index (χ0) is 18.2. The van der Waals surface area contributed by atoms with E-state index in [4.69, 9.17) is 9.47 Å². The maximum atomic E-state index is 12.3. The van der Waals surface area contributed by atoms with Crippen molar-refractivity contribution in [1.82, 2.24) is 15.1 Å². The summed E-state index contributed by atoms with van der Waals surface area (Å²) in [5, 5.41) is 3.40. The molecular weight excluding hydrogens is 338 g/mol. The highest BCUT2D eigenvalue weighted by atomic mass is 32.2. The van der Waals surface area contributed by atoms with E-state index in [0.717, 1.165) is 48.9 Å². The van der Waals surface area contributed by atoms with Crippen molar-refractivity contribution < 1.29 is 14.3 Å². The molecule has 140 valence electrons. The minimum atomic E-state index is 0.0412. The Bertz CT molecular complexity index is 568. The molecule has 0 saturated carbocycles. The van der Waals surface area contributed by atoms with Gasteiger partial charge in [-0.1, -0.05) is 0 Å². The van der Waals surface area contributed by atoms with Crippen molar-refractivity contribution in [3.05, 3.63) is 18.2 Å². The predicted molar refractivity (Wildman–Crippen MR) is 102 cm³/mol. The Kier molecular flexibility index (Phi) is 7.71. The Morgan fingerprint density at radius 3 is 2.76 bits per heavy atom. The van der Waals surface area contributed by atoms with Gasteiger partial charge in [-0.3, -0.25) is 0 Å². The predicted octanol–water partition coefficient (Wildman–Crippen LogP) is 2.53. The van der Waals surface area contributed by atoms with E-state index in [2.05, 4.69) is 10.2 Å². The first-order valence-electron chi connectivity index (χ1n) is 8.59. The first kappa shape index (κ1) is 19.7. The molecule has 0 bridgehead atoms. The largest absolute Gasteiger partial charge is 0.493 e. The van der Waals surface area contributed by atoms with Crippen LogP contribution >= 0.6 is 11.8 Å². The number of piperidine rings is 1. The summed E-state index contributed by atoms with van der Waals surface area (Å²) in [5.74, 6) is 1.47. The van der Waals surface area contributed by atoms with E-state index in [1.807, 2.05) is 37.2 Å². The second-order valence-corrected chi connectivity index (χ2v) is 7.75. The molecule has 1 atom stereocenters. The number of likely N-dealkylation sites (N-methyl/N-ethyl adjacent to an activating group) is 1. The number of benzene rings is 1. The van der Waals surface area contributed by atoms with Gasteiger partial charge in [-0.25, -0.2) is 4.79 Å².